The lowest BCUT2D eigenvalue weighted by molar-refractivity contribution is 0.218. The summed E-state index contributed by atoms with van der Waals surface area (Å²) >= 11 is 0. The highest BCUT2D eigenvalue weighted by molar-refractivity contribution is 7.00. The molecule has 0 amide bonds. The van der Waals surface area contributed by atoms with Crippen LogP contribution in [0.2, 0.25) is 0 Å². The second-order valence-electron chi connectivity index (χ2n) is 26.6. The summed E-state index contributed by atoms with van der Waals surface area (Å²) in [4.78, 5) is 8.11. The van der Waals surface area contributed by atoms with Crippen molar-refractivity contribution in [2.24, 2.45) is 0 Å². The van der Waals surface area contributed by atoms with Crippen molar-refractivity contribution in [2.45, 2.75) is 168 Å². The molecule has 11 rings (SSSR count). The van der Waals surface area contributed by atoms with Crippen LogP contribution in [-0.2, 0) is 27.1 Å². The predicted octanol–water partition coefficient (Wildman–Crippen LogP) is 17.1. The van der Waals surface area contributed by atoms with Crippen molar-refractivity contribution in [3.8, 4) is 11.1 Å². The van der Waals surface area contributed by atoms with Crippen molar-refractivity contribution in [1.82, 2.24) is 0 Å². The molecule has 0 spiro atoms. The van der Waals surface area contributed by atoms with Crippen LogP contribution in [0.5, 0.6) is 0 Å². The molecule has 4 aliphatic rings. The maximum atomic E-state index is 2.79. The number of anilines is 8. The Kier molecular flexibility index (Phi) is 11.2. The molecule has 3 aliphatic heterocycles. The van der Waals surface area contributed by atoms with Gasteiger partial charge in [-0.25, -0.2) is 0 Å². The van der Waals surface area contributed by atoms with Crippen LogP contribution in [0.4, 0.5) is 45.5 Å². The van der Waals surface area contributed by atoms with Crippen LogP contribution in [0, 0.1) is 0 Å². The van der Waals surface area contributed by atoms with E-state index in [0.717, 1.165) is 6.42 Å². The summed E-state index contributed by atoms with van der Waals surface area (Å²) in [5, 5.41) is 0. The van der Waals surface area contributed by atoms with Gasteiger partial charge in [-0.1, -0.05) is 201 Å². The smallest absolute Gasteiger partial charge is 0.252 e. The summed E-state index contributed by atoms with van der Waals surface area (Å²) in [6, 6.07) is 57.5. The second kappa shape index (κ2) is 16.8. The van der Waals surface area contributed by atoms with Gasteiger partial charge in [-0.15, -0.1) is 0 Å². The number of nitrogens with zero attached hydrogens (tertiary/aromatic N) is 3. The Hall–Kier alpha value is -6.00. The molecule has 1 saturated carbocycles. The third-order valence-electron chi connectivity index (χ3n) is 17.7. The van der Waals surface area contributed by atoms with E-state index in [1.807, 2.05) is 0 Å². The fourth-order valence-corrected chi connectivity index (χ4v) is 13.2. The van der Waals surface area contributed by atoms with E-state index in [1.165, 1.54) is 133 Å². The Labute approximate surface area is 433 Å². The third-order valence-corrected chi connectivity index (χ3v) is 17.7. The lowest BCUT2D eigenvalue weighted by atomic mass is 9.33. The highest BCUT2D eigenvalue weighted by atomic mass is 15.3. The molecule has 3 heterocycles. The zero-order valence-electron chi connectivity index (χ0n) is 46.0. The minimum atomic E-state index is -0.137. The van der Waals surface area contributed by atoms with Gasteiger partial charge in [0.2, 0.25) is 0 Å². The van der Waals surface area contributed by atoms with Crippen LogP contribution >= 0.6 is 0 Å². The maximum absolute atomic E-state index is 2.79. The molecule has 1 aliphatic carbocycles. The van der Waals surface area contributed by atoms with Crippen LogP contribution in [0.3, 0.4) is 0 Å². The van der Waals surface area contributed by atoms with E-state index in [0.29, 0.717) is 0 Å². The molecule has 4 heteroatoms. The molecule has 2 atom stereocenters. The molecular weight excluding hydrogens is 870 g/mol. The zero-order valence-corrected chi connectivity index (χ0v) is 46.0. The van der Waals surface area contributed by atoms with E-state index in [1.54, 1.807) is 0 Å². The summed E-state index contributed by atoms with van der Waals surface area (Å²) in [6.45, 7) is 33.4. The highest BCUT2D eigenvalue weighted by Gasteiger charge is 2.56. The van der Waals surface area contributed by atoms with Crippen molar-refractivity contribution < 1.29 is 0 Å². The molecule has 0 bridgehead atoms. The van der Waals surface area contributed by atoms with Gasteiger partial charge in [0.25, 0.3) is 6.71 Å². The predicted molar refractivity (Wildman–Crippen MR) is 313 cm³/mol. The minimum absolute atomic E-state index is 0.00569. The van der Waals surface area contributed by atoms with E-state index in [9.17, 15) is 0 Å². The molecule has 0 saturated heterocycles. The van der Waals surface area contributed by atoms with E-state index < -0.39 is 0 Å². The van der Waals surface area contributed by atoms with Gasteiger partial charge in [-0.2, -0.15) is 0 Å². The normalized spacial score (nSPS) is 19.8. The topological polar surface area (TPSA) is 9.72 Å². The van der Waals surface area contributed by atoms with Crippen molar-refractivity contribution >= 4 is 68.6 Å². The van der Waals surface area contributed by atoms with Crippen LogP contribution in [-0.4, -0.2) is 12.3 Å². The summed E-state index contributed by atoms with van der Waals surface area (Å²) < 4.78 is 0. The zero-order chi connectivity index (χ0) is 50.9. The van der Waals surface area contributed by atoms with Gasteiger partial charge in [0.15, 0.2) is 0 Å². The molecule has 0 aromatic heterocycles. The number of fused-ring (bicyclic) bond motifs is 7. The van der Waals surface area contributed by atoms with Crippen LogP contribution in [0.1, 0.15) is 163 Å². The Morgan fingerprint density at radius 2 is 0.958 bits per heavy atom. The Morgan fingerprint density at radius 1 is 0.403 bits per heavy atom. The number of hydrogen-bond acceptors (Lipinski definition) is 3. The standard InChI is InChI=1S/C68H78BN3/c1-63(2,3)46-28-32-50(33-29-46)70-59-44-51(72-57-27-21-20-26-53(57)67(13)38-22-15-16-23-39-68(67,72)14)34-35-54(59)69-55-41-48(65(7,8)9)31-37-58(55)71(61-43-49(66(10,11)12)42-60(70)62(61)69)56-36-30-47(64(4,5)6)40-52(56)45-24-18-17-19-25-45/h17-21,24-37,40-44H,15-16,22-23,38-39H2,1-14H3. The number of benzene rings is 7. The maximum Gasteiger partial charge on any atom is 0.252 e. The Morgan fingerprint density at radius 3 is 1.61 bits per heavy atom. The first-order valence-electron chi connectivity index (χ1n) is 27.3. The van der Waals surface area contributed by atoms with Gasteiger partial charge in [0.1, 0.15) is 0 Å². The molecule has 368 valence electrons. The highest BCUT2D eigenvalue weighted by Crippen LogP contribution is 2.60. The molecule has 2 unspecified atom stereocenters. The SMILES string of the molecule is CC(C)(C)c1ccc(N2c3cc(N4c5ccccc5C5(C)CCCCCCC45C)ccc3B3c4cc(C(C)(C)C)ccc4N(c4ccc(C(C)(C)C)cc4-c4ccccc4)c4cc(C(C)(C)C)cc2c43)cc1. The molecular formula is C68H78BN3. The fourth-order valence-electron chi connectivity index (χ4n) is 13.2. The summed E-state index contributed by atoms with van der Waals surface area (Å²) in [5.74, 6) is 0. The van der Waals surface area contributed by atoms with E-state index >= 15 is 0 Å². The van der Waals surface area contributed by atoms with Crippen LogP contribution in [0.25, 0.3) is 11.1 Å². The molecule has 0 radical (unpaired) electrons. The van der Waals surface area contributed by atoms with Crippen LogP contribution in [0.15, 0.2) is 146 Å². The average Bonchev–Trinajstić information content (AvgIpc) is 3.51. The summed E-state index contributed by atoms with van der Waals surface area (Å²) in [7, 11) is 0. The molecule has 7 aromatic carbocycles. The fraction of sp³-hybridized carbons (Fsp3) is 0.382. The van der Waals surface area contributed by atoms with E-state index in [2.05, 4.69) is 257 Å². The van der Waals surface area contributed by atoms with Gasteiger partial charge in [-0.05, 0) is 152 Å². The second-order valence-corrected chi connectivity index (χ2v) is 26.6. The molecule has 0 N–H and O–H groups in total. The van der Waals surface area contributed by atoms with Gasteiger partial charge < -0.3 is 14.7 Å². The molecule has 7 aromatic rings. The number of rotatable bonds is 4. The van der Waals surface area contributed by atoms with Crippen molar-refractivity contribution in [3.05, 3.63) is 173 Å². The van der Waals surface area contributed by atoms with Gasteiger partial charge >= 0.3 is 0 Å². The number of hydrogen-bond donors (Lipinski definition) is 0. The average molecular weight is 948 g/mol. The lowest BCUT2D eigenvalue weighted by Gasteiger charge is -2.49. The third kappa shape index (κ3) is 7.67. The summed E-state index contributed by atoms with van der Waals surface area (Å²) in [6.07, 6.45) is 7.51. The van der Waals surface area contributed by atoms with Crippen molar-refractivity contribution in [2.75, 3.05) is 14.7 Å². The minimum Gasteiger partial charge on any atom is -0.334 e. The Balaban J connectivity index is 1.24. The molecule has 1 fully saturated rings. The lowest BCUT2D eigenvalue weighted by Crippen LogP contribution is -2.61. The number of para-hydroxylation sites is 1. The van der Waals surface area contributed by atoms with Crippen molar-refractivity contribution in [1.29, 1.82) is 0 Å². The monoisotopic (exact) mass is 948 g/mol. The van der Waals surface area contributed by atoms with E-state index in [4.69, 9.17) is 0 Å². The van der Waals surface area contributed by atoms with Gasteiger partial charge in [-0.3, -0.25) is 0 Å². The van der Waals surface area contributed by atoms with Gasteiger partial charge in [0.05, 0.1) is 11.2 Å². The summed E-state index contributed by atoms with van der Waals surface area (Å²) in [5.41, 5.74) is 23.3. The van der Waals surface area contributed by atoms with Crippen LogP contribution < -0.4 is 31.1 Å². The first kappa shape index (κ1) is 48.3. The quantitative estimate of drug-likeness (QED) is 0.163. The molecule has 72 heavy (non-hydrogen) atoms. The molecule has 3 nitrogen and oxygen atoms in total. The van der Waals surface area contributed by atoms with E-state index in [-0.39, 0.29) is 39.3 Å². The first-order valence-corrected chi connectivity index (χ1v) is 27.3. The van der Waals surface area contributed by atoms with Gasteiger partial charge in [0, 0.05) is 50.8 Å². The Bertz CT molecular complexity index is 3230. The first-order chi connectivity index (χ1) is 34.0. The largest absolute Gasteiger partial charge is 0.334 e. The van der Waals surface area contributed by atoms with Crippen molar-refractivity contribution in [3.63, 3.8) is 0 Å².